The molecule has 3 rings (SSSR count). The largest absolute Gasteiger partial charge is 0.443 e. The minimum Gasteiger partial charge on any atom is -0.443 e. The normalized spacial score (nSPS) is 17.6. The number of hydrogen-bond donors (Lipinski definition) is 1. The van der Waals surface area contributed by atoms with Gasteiger partial charge in [0.1, 0.15) is 6.10 Å². The Morgan fingerprint density at radius 2 is 1.84 bits per heavy atom. The van der Waals surface area contributed by atoms with Gasteiger partial charge in [-0.15, -0.1) is 0 Å². The number of nitrogens with one attached hydrogen (secondary N) is 1. The van der Waals surface area contributed by atoms with Crippen molar-refractivity contribution in [3.63, 3.8) is 0 Å². The molecule has 1 aliphatic heterocycles. The lowest BCUT2D eigenvalue weighted by atomic mass is 10.2. The van der Waals surface area contributed by atoms with E-state index in [1.807, 2.05) is 44.2 Å². The topological polar surface area (TPSA) is 75.7 Å². The van der Waals surface area contributed by atoms with Crippen molar-refractivity contribution in [2.75, 3.05) is 18.0 Å². The fourth-order valence-corrected chi connectivity index (χ4v) is 3.80. The highest BCUT2D eigenvalue weighted by Crippen LogP contribution is 2.22. The van der Waals surface area contributed by atoms with Crippen LogP contribution in [-0.2, 0) is 14.8 Å². The van der Waals surface area contributed by atoms with Crippen molar-refractivity contribution in [1.82, 2.24) is 4.72 Å². The van der Waals surface area contributed by atoms with Crippen LogP contribution in [0.2, 0.25) is 0 Å². The maximum Gasteiger partial charge on any atom is 0.414 e. The molecule has 0 saturated carbocycles. The molecule has 1 atom stereocenters. The third-order valence-electron chi connectivity index (χ3n) is 4.02. The van der Waals surface area contributed by atoms with E-state index in [0.29, 0.717) is 6.54 Å². The van der Waals surface area contributed by atoms with E-state index < -0.39 is 22.2 Å². The van der Waals surface area contributed by atoms with Gasteiger partial charge in [-0.2, -0.15) is 0 Å². The van der Waals surface area contributed by atoms with Crippen molar-refractivity contribution < 1.29 is 17.9 Å². The van der Waals surface area contributed by atoms with E-state index in [2.05, 4.69) is 4.72 Å². The Morgan fingerprint density at radius 1 is 1.12 bits per heavy atom. The number of carbonyl (C=O) groups is 1. The van der Waals surface area contributed by atoms with Crippen molar-refractivity contribution in [2.45, 2.75) is 24.8 Å². The molecule has 0 radical (unpaired) electrons. The van der Waals surface area contributed by atoms with Crippen molar-refractivity contribution in [1.29, 1.82) is 0 Å². The molecule has 7 heteroatoms. The summed E-state index contributed by atoms with van der Waals surface area (Å²) in [6.45, 7) is 4.13. The smallest absolute Gasteiger partial charge is 0.414 e. The quantitative estimate of drug-likeness (QED) is 0.889. The Morgan fingerprint density at radius 3 is 2.52 bits per heavy atom. The number of ether oxygens (including phenoxy) is 1. The molecule has 0 aliphatic carbocycles. The first kappa shape index (κ1) is 17.4. The number of rotatable bonds is 5. The molecule has 0 bridgehead atoms. The van der Waals surface area contributed by atoms with Crippen LogP contribution in [0.15, 0.2) is 53.4 Å². The lowest BCUT2D eigenvalue weighted by Crippen LogP contribution is -2.34. The van der Waals surface area contributed by atoms with Gasteiger partial charge in [-0.05, 0) is 43.7 Å². The molecule has 1 unspecified atom stereocenters. The van der Waals surface area contributed by atoms with E-state index in [0.717, 1.165) is 16.8 Å². The van der Waals surface area contributed by atoms with E-state index in [1.165, 1.54) is 11.0 Å². The second-order valence-corrected chi connectivity index (χ2v) is 7.89. The van der Waals surface area contributed by atoms with Crippen molar-refractivity contribution in [2.24, 2.45) is 0 Å². The van der Waals surface area contributed by atoms with Crippen LogP contribution in [0.4, 0.5) is 10.5 Å². The summed E-state index contributed by atoms with van der Waals surface area (Å²) in [5.74, 6) is 0. The Balaban J connectivity index is 1.65. The number of sulfonamides is 1. The molecule has 6 nitrogen and oxygen atoms in total. The maximum atomic E-state index is 12.3. The Kier molecular flexibility index (Phi) is 4.78. The Hall–Kier alpha value is -2.38. The van der Waals surface area contributed by atoms with Crippen LogP contribution in [0.1, 0.15) is 11.1 Å². The van der Waals surface area contributed by atoms with Gasteiger partial charge >= 0.3 is 6.09 Å². The van der Waals surface area contributed by atoms with Gasteiger partial charge in [0.15, 0.2) is 0 Å². The standard InChI is InChI=1S/C18H20N2O4S/c1-13-6-8-15(9-7-13)20-12-16(24-18(20)21)11-19-25(22,23)17-5-3-4-14(2)10-17/h3-10,16,19H,11-12H2,1-2H3. The molecule has 1 fully saturated rings. The van der Waals surface area contributed by atoms with Crippen LogP contribution < -0.4 is 9.62 Å². The summed E-state index contributed by atoms with van der Waals surface area (Å²) in [5.41, 5.74) is 2.69. The van der Waals surface area contributed by atoms with Gasteiger partial charge in [-0.3, -0.25) is 4.90 Å². The zero-order valence-corrected chi connectivity index (χ0v) is 14.9. The van der Waals surface area contributed by atoms with Gasteiger partial charge in [-0.1, -0.05) is 29.8 Å². The zero-order valence-electron chi connectivity index (χ0n) is 14.1. The van der Waals surface area contributed by atoms with Crippen molar-refractivity contribution in [3.05, 3.63) is 59.7 Å². The average molecular weight is 360 g/mol. The van der Waals surface area contributed by atoms with Gasteiger partial charge in [-0.25, -0.2) is 17.9 Å². The number of amides is 1. The molecule has 1 saturated heterocycles. The predicted molar refractivity (Wildman–Crippen MR) is 95.2 cm³/mol. The van der Waals surface area contributed by atoms with Crippen LogP contribution in [0.25, 0.3) is 0 Å². The molecule has 2 aromatic rings. The Bertz CT molecular complexity index is 878. The van der Waals surface area contributed by atoms with E-state index in [1.54, 1.807) is 12.1 Å². The number of carbonyl (C=O) groups excluding carboxylic acids is 1. The molecular formula is C18H20N2O4S. The third kappa shape index (κ3) is 4.00. The van der Waals surface area contributed by atoms with E-state index >= 15 is 0 Å². The summed E-state index contributed by atoms with van der Waals surface area (Å²) >= 11 is 0. The lowest BCUT2D eigenvalue weighted by molar-refractivity contribution is 0.143. The highest BCUT2D eigenvalue weighted by Gasteiger charge is 2.33. The number of hydrogen-bond acceptors (Lipinski definition) is 4. The average Bonchev–Trinajstić information content (AvgIpc) is 2.95. The maximum absolute atomic E-state index is 12.3. The second kappa shape index (κ2) is 6.85. The number of aryl methyl sites for hydroxylation is 2. The van der Waals surface area contributed by atoms with Crippen LogP contribution in [0.3, 0.4) is 0 Å². The zero-order chi connectivity index (χ0) is 18.0. The molecule has 132 valence electrons. The van der Waals surface area contributed by atoms with E-state index in [-0.39, 0.29) is 11.4 Å². The number of nitrogens with zero attached hydrogens (tertiary/aromatic N) is 1. The van der Waals surface area contributed by atoms with Gasteiger partial charge in [0, 0.05) is 12.2 Å². The van der Waals surface area contributed by atoms with Crippen LogP contribution in [-0.4, -0.2) is 33.7 Å². The number of anilines is 1. The molecule has 1 N–H and O–H groups in total. The molecule has 2 aromatic carbocycles. The third-order valence-corrected chi connectivity index (χ3v) is 5.44. The van der Waals surface area contributed by atoms with Gasteiger partial charge in [0.25, 0.3) is 0 Å². The molecule has 0 aromatic heterocycles. The molecule has 1 aliphatic rings. The summed E-state index contributed by atoms with van der Waals surface area (Å²) in [6, 6.07) is 14.2. The second-order valence-electron chi connectivity index (χ2n) is 6.12. The van der Waals surface area contributed by atoms with Crippen LogP contribution in [0.5, 0.6) is 0 Å². The highest BCUT2D eigenvalue weighted by atomic mass is 32.2. The summed E-state index contributed by atoms with van der Waals surface area (Å²) in [7, 11) is -3.64. The number of benzene rings is 2. The molecule has 25 heavy (non-hydrogen) atoms. The fraction of sp³-hybridized carbons (Fsp3) is 0.278. The van der Waals surface area contributed by atoms with Gasteiger partial charge in [0.2, 0.25) is 10.0 Å². The highest BCUT2D eigenvalue weighted by molar-refractivity contribution is 7.89. The van der Waals surface area contributed by atoms with Crippen molar-refractivity contribution >= 4 is 21.8 Å². The Labute approximate surface area is 147 Å². The summed E-state index contributed by atoms with van der Waals surface area (Å²) < 4.78 is 32.5. The number of cyclic esters (lactones) is 1. The first-order chi connectivity index (χ1) is 11.8. The molecule has 1 amide bonds. The van der Waals surface area contributed by atoms with E-state index in [9.17, 15) is 13.2 Å². The van der Waals surface area contributed by atoms with Gasteiger partial charge < -0.3 is 4.74 Å². The first-order valence-corrected chi connectivity index (χ1v) is 9.44. The fourth-order valence-electron chi connectivity index (χ4n) is 2.63. The summed E-state index contributed by atoms with van der Waals surface area (Å²) in [4.78, 5) is 13.7. The van der Waals surface area contributed by atoms with Crippen LogP contribution in [0, 0.1) is 13.8 Å². The minimum absolute atomic E-state index is 0.0321. The summed E-state index contributed by atoms with van der Waals surface area (Å²) in [5, 5.41) is 0. The van der Waals surface area contributed by atoms with Gasteiger partial charge in [0.05, 0.1) is 11.4 Å². The summed E-state index contributed by atoms with van der Waals surface area (Å²) in [6.07, 6.45) is -1.00. The van der Waals surface area contributed by atoms with Crippen LogP contribution >= 0.6 is 0 Å². The molecule has 1 heterocycles. The predicted octanol–water partition coefficient (Wildman–Crippen LogP) is 2.61. The molecular weight excluding hydrogens is 340 g/mol. The molecule has 0 spiro atoms. The first-order valence-electron chi connectivity index (χ1n) is 7.96. The minimum atomic E-state index is -3.64. The van der Waals surface area contributed by atoms with E-state index in [4.69, 9.17) is 4.74 Å². The van der Waals surface area contributed by atoms with Crippen molar-refractivity contribution in [3.8, 4) is 0 Å². The SMILES string of the molecule is Cc1ccc(N2CC(CNS(=O)(=O)c3cccc(C)c3)OC2=O)cc1. The monoisotopic (exact) mass is 360 g/mol. The lowest BCUT2D eigenvalue weighted by Gasteiger charge is -2.13.